The lowest BCUT2D eigenvalue weighted by Gasteiger charge is -2.33. The SMILES string of the molecule is COC[C@@H]1CCCN1c1cc(Nc2cc(C)[nH]n2)nc(NC2CCN(C(=O)c3cccc(Cl)c3F)CC2)n1. The average molecular weight is 543 g/mol. The van der Waals surface area contributed by atoms with Gasteiger partial charge in [0.1, 0.15) is 11.6 Å². The van der Waals surface area contributed by atoms with Crippen molar-refractivity contribution in [2.45, 2.75) is 44.7 Å². The van der Waals surface area contributed by atoms with Crippen LogP contribution in [0.1, 0.15) is 41.7 Å². The number of aromatic amines is 1. The van der Waals surface area contributed by atoms with Crippen molar-refractivity contribution in [1.29, 1.82) is 0 Å². The fourth-order valence-electron chi connectivity index (χ4n) is 5.08. The molecule has 5 rings (SSSR count). The third kappa shape index (κ3) is 5.83. The number of rotatable bonds is 8. The van der Waals surface area contributed by atoms with Gasteiger partial charge in [0.05, 0.1) is 23.2 Å². The van der Waals surface area contributed by atoms with Crippen molar-refractivity contribution in [2.24, 2.45) is 0 Å². The van der Waals surface area contributed by atoms with Crippen molar-refractivity contribution >= 4 is 40.9 Å². The molecule has 38 heavy (non-hydrogen) atoms. The van der Waals surface area contributed by atoms with Crippen LogP contribution in [-0.2, 0) is 4.74 Å². The van der Waals surface area contributed by atoms with Crippen LogP contribution in [0.5, 0.6) is 0 Å². The highest BCUT2D eigenvalue weighted by Gasteiger charge is 2.29. The molecule has 2 aliphatic rings. The van der Waals surface area contributed by atoms with E-state index in [0.717, 1.165) is 30.9 Å². The lowest BCUT2D eigenvalue weighted by Crippen LogP contribution is -2.43. The number of H-pyrrole nitrogens is 1. The number of halogens is 2. The van der Waals surface area contributed by atoms with Crippen molar-refractivity contribution in [3.63, 3.8) is 0 Å². The van der Waals surface area contributed by atoms with Gasteiger partial charge < -0.3 is 25.2 Å². The van der Waals surface area contributed by atoms with Crippen LogP contribution in [0.2, 0.25) is 5.02 Å². The molecule has 0 spiro atoms. The van der Waals surface area contributed by atoms with Gasteiger partial charge >= 0.3 is 0 Å². The fourth-order valence-corrected chi connectivity index (χ4v) is 5.25. The van der Waals surface area contributed by atoms with E-state index in [9.17, 15) is 9.18 Å². The molecule has 0 saturated carbocycles. The molecule has 2 aromatic heterocycles. The van der Waals surface area contributed by atoms with Gasteiger partial charge in [0.2, 0.25) is 5.95 Å². The number of carbonyl (C=O) groups excluding carboxylic acids is 1. The molecule has 0 bridgehead atoms. The van der Waals surface area contributed by atoms with Crippen molar-refractivity contribution < 1.29 is 13.9 Å². The molecule has 0 aliphatic carbocycles. The first kappa shape index (κ1) is 26.2. The number of piperidine rings is 1. The summed E-state index contributed by atoms with van der Waals surface area (Å²) in [6.07, 6.45) is 3.47. The second-order valence-electron chi connectivity index (χ2n) is 9.75. The lowest BCUT2D eigenvalue weighted by molar-refractivity contribution is 0.0713. The van der Waals surface area contributed by atoms with Gasteiger partial charge in [-0.3, -0.25) is 9.89 Å². The maximum Gasteiger partial charge on any atom is 0.256 e. The zero-order valence-electron chi connectivity index (χ0n) is 21.5. The first-order chi connectivity index (χ1) is 18.4. The van der Waals surface area contributed by atoms with Crippen LogP contribution in [-0.4, -0.2) is 76.4 Å². The van der Waals surface area contributed by atoms with Gasteiger partial charge in [-0.05, 0) is 44.7 Å². The third-order valence-electron chi connectivity index (χ3n) is 7.00. The zero-order valence-corrected chi connectivity index (χ0v) is 22.3. The van der Waals surface area contributed by atoms with Crippen molar-refractivity contribution in [2.75, 3.05) is 48.9 Å². The second-order valence-corrected chi connectivity index (χ2v) is 10.2. The Morgan fingerprint density at radius 1 is 1.18 bits per heavy atom. The molecule has 2 aliphatic heterocycles. The predicted octanol–water partition coefficient (Wildman–Crippen LogP) is 4.38. The number of carbonyl (C=O) groups is 1. The Morgan fingerprint density at radius 2 is 2.00 bits per heavy atom. The number of methoxy groups -OCH3 is 1. The number of hydrogen-bond acceptors (Lipinski definition) is 8. The Morgan fingerprint density at radius 3 is 2.74 bits per heavy atom. The van der Waals surface area contributed by atoms with E-state index in [1.165, 1.54) is 12.1 Å². The van der Waals surface area contributed by atoms with E-state index in [1.54, 1.807) is 18.1 Å². The Hall–Kier alpha value is -3.44. The van der Waals surface area contributed by atoms with E-state index in [-0.39, 0.29) is 28.6 Å². The smallest absolute Gasteiger partial charge is 0.256 e. The molecule has 0 unspecified atom stereocenters. The quantitative estimate of drug-likeness (QED) is 0.385. The first-order valence-corrected chi connectivity index (χ1v) is 13.2. The number of nitrogens with one attached hydrogen (secondary N) is 3. The highest BCUT2D eigenvalue weighted by Crippen LogP contribution is 2.29. The number of amides is 1. The number of benzene rings is 1. The molecular formula is C26H32ClFN8O2. The summed E-state index contributed by atoms with van der Waals surface area (Å²) < 4.78 is 19.8. The summed E-state index contributed by atoms with van der Waals surface area (Å²) in [5.74, 6) is 1.61. The number of hydrogen-bond donors (Lipinski definition) is 3. The summed E-state index contributed by atoms with van der Waals surface area (Å²) in [6.45, 7) is 4.44. The van der Waals surface area contributed by atoms with Gasteiger partial charge in [-0.2, -0.15) is 15.1 Å². The monoisotopic (exact) mass is 542 g/mol. The molecule has 1 amide bonds. The Kier molecular flexibility index (Phi) is 7.94. The second kappa shape index (κ2) is 11.5. The van der Waals surface area contributed by atoms with Crippen molar-refractivity contribution in [3.05, 3.63) is 52.4 Å². The lowest BCUT2D eigenvalue weighted by atomic mass is 10.0. The van der Waals surface area contributed by atoms with Crippen LogP contribution in [0, 0.1) is 12.7 Å². The van der Waals surface area contributed by atoms with E-state index < -0.39 is 5.82 Å². The minimum absolute atomic E-state index is 0.000453. The molecule has 2 saturated heterocycles. The highest BCUT2D eigenvalue weighted by atomic mass is 35.5. The molecule has 0 radical (unpaired) electrons. The van der Waals surface area contributed by atoms with Crippen LogP contribution in [0.25, 0.3) is 0 Å². The fraction of sp³-hybridized carbons (Fsp3) is 0.462. The molecule has 1 aromatic carbocycles. The summed E-state index contributed by atoms with van der Waals surface area (Å²) >= 11 is 5.87. The molecule has 202 valence electrons. The summed E-state index contributed by atoms with van der Waals surface area (Å²) in [7, 11) is 1.72. The van der Waals surface area contributed by atoms with Gasteiger partial charge in [-0.1, -0.05) is 17.7 Å². The molecule has 12 heteroatoms. The minimum Gasteiger partial charge on any atom is -0.383 e. The average Bonchev–Trinajstić information content (AvgIpc) is 3.54. The number of aromatic nitrogens is 4. The third-order valence-corrected chi connectivity index (χ3v) is 7.29. The number of likely N-dealkylation sites (tertiary alicyclic amines) is 1. The predicted molar refractivity (Wildman–Crippen MR) is 145 cm³/mol. The summed E-state index contributed by atoms with van der Waals surface area (Å²) in [5.41, 5.74) is 0.944. The van der Waals surface area contributed by atoms with Gasteiger partial charge in [-0.25, -0.2) is 4.39 Å². The van der Waals surface area contributed by atoms with Gasteiger partial charge in [-0.15, -0.1) is 0 Å². The normalized spacial score (nSPS) is 18.2. The molecule has 10 nitrogen and oxygen atoms in total. The van der Waals surface area contributed by atoms with Crippen molar-refractivity contribution in [3.8, 4) is 0 Å². The van der Waals surface area contributed by atoms with Crippen LogP contribution >= 0.6 is 11.6 Å². The maximum atomic E-state index is 14.4. The summed E-state index contributed by atoms with van der Waals surface area (Å²) in [6, 6.07) is 8.66. The number of nitrogens with zero attached hydrogens (tertiary/aromatic N) is 5. The molecule has 1 atom stereocenters. The van der Waals surface area contributed by atoms with E-state index in [4.69, 9.17) is 26.3 Å². The zero-order chi connectivity index (χ0) is 26.6. The van der Waals surface area contributed by atoms with Gasteiger partial charge in [0.15, 0.2) is 11.6 Å². The van der Waals surface area contributed by atoms with E-state index in [2.05, 4.69) is 25.7 Å². The molecule has 4 heterocycles. The molecular weight excluding hydrogens is 511 g/mol. The Labute approximate surface area is 225 Å². The van der Waals surface area contributed by atoms with Crippen molar-refractivity contribution in [1.82, 2.24) is 25.1 Å². The first-order valence-electron chi connectivity index (χ1n) is 12.8. The Bertz CT molecular complexity index is 1280. The van der Waals surface area contributed by atoms with Crippen LogP contribution in [0.4, 0.5) is 27.8 Å². The van der Waals surface area contributed by atoms with Gasteiger partial charge in [0.25, 0.3) is 5.91 Å². The van der Waals surface area contributed by atoms with Crippen LogP contribution < -0.4 is 15.5 Å². The summed E-state index contributed by atoms with van der Waals surface area (Å²) in [4.78, 5) is 26.4. The van der Waals surface area contributed by atoms with E-state index >= 15 is 0 Å². The van der Waals surface area contributed by atoms with Crippen LogP contribution in [0.3, 0.4) is 0 Å². The highest BCUT2D eigenvalue weighted by molar-refractivity contribution is 6.31. The number of aryl methyl sites for hydroxylation is 1. The summed E-state index contributed by atoms with van der Waals surface area (Å²) in [5, 5.41) is 13.9. The molecule has 3 aromatic rings. The largest absolute Gasteiger partial charge is 0.383 e. The van der Waals surface area contributed by atoms with Crippen LogP contribution in [0.15, 0.2) is 30.3 Å². The number of ether oxygens (including phenoxy) is 1. The molecule has 3 N–H and O–H groups in total. The minimum atomic E-state index is -0.676. The van der Waals surface area contributed by atoms with E-state index in [0.29, 0.717) is 50.1 Å². The standard InChI is InChI=1S/C26H32ClFN8O2/c1-16-13-22(34-33-16)30-21-14-23(36-10-4-5-18(36)15-38-2)32-26(31-21)29-17-8-11-35(12-9-17)25(37)19-6-3-7-20(27)24(19)28/h3,6-7,13-14,17-18H,4-5,8-12,15H2,1-2H3,(H3,29,30,31,32,33,34)/t18-/m0/s1. The molecule has 2 fully saturated rings. The number of anilines is 4. The Balaban J connectivity index is 1.30. The van der Waals surface area contributed by atoms with Gasteiger partial charge in [0, 0.05) is 50.6 Å². The maximum absolute atomic E-state index is 14.4. The van der Waals surface area contributed by atoms with E-state index in [1.807, 2.05) is 19.1 Å². The topological polar surface area (TPSA) is 111 Å².